The van der Waals surface area contributed by atoms with Crippen LogP contribution in [0.3, 0.4) is 0 Å². The minimum Gasteiger partial charge on any atom is -0.339 e. The van der Waals surface area contributed by atoms with Gasteiger partial charge in [0.2, 0.25) is 11.8 Å². The van der Waals surface area contributed by atoms with Gasteiger partial charge in [-0.25, -0.2) is 4.79 Å². The maximum atomic E-state index is 12.2. The summed E-state index contributed by atoms with van der Waals surface area (Å²) < 4.78 is 5.36. The number of hydrogen-bond donors (Lipinski definition) is 1. The van der Waals surface area contributed by atoms with E-state index in [2.05, 4.69) is 29.3 Å². The molecule has 0 aromatic carbocycles. The van der Waals surface area contributed by atoms with Crippen LogP contribution in [0.25, 0.3) is 0 Å². The van der Waals surface area contributed by atoms with Crippen LogP contribution in [-0.4, -0.2) is 64.1 Å². The molecule has 8 nitrogen and oxygen atoms in total. The van der Waals surface area contributed by atoms with Crippen molar-refractivity contribution in [3.63, 3.8) is 0 Å². The van der Waals surface area contributed by atoms with Crippen molar-refractivity contribution in [2.24, 2.45) is 5.92 Å². The van der Waals surface area contributed by atoms with Crippen LogP contribution in [0.4, 0.5) is 4.79 Å². The van der Waals surface area contributed by atoms with Crippen molar-refractivity contribution < 1.29 is 14.1 Å². The number of urea groups is 1. The lowest BCUT2D eigenvalue weighted by atomic mass is 9.85. The summed E-state index contributed by atoms with van der Waals surface area (Å²) >= 11 is 0. The predicted octanol–water partition coefficient (Wildman–Crippen LogP) is 2.17. The van der Waals surface area contributed by atoms with Gasteiger partial charge in [-0.05, 0) is 25.2 Å². The fourth-order valence-corrected chi connectivity index (χ4v) is 3.59. The van der Waals surface area contributed by atoms with Crippen LogP contribution in [0.5, 0.6) is 0 Å². The highest BCUT2D eigenvalue weighted by atomic mass is 16.5. The molecule has 1 aromatic rings. The molecule has 2 aliphatic rings. The molecular formula is C19H31N5O3. The lowest BCUT2D eigenvalue weighted by molar-refractivity contribution is -0.130. The Kier molecular flexibility index (Phi) is 6.34. The van der Waals surface area contributed by atoms with E-state index < -0.39 is 0 Å². The highest BCUT2D eigenvalue weighted by Gasteiger charge is 2.32. The summed E-state index contributed by atoms with van der Waals surface area (Å²) in [5.41, 5.74) is 0. The van der Waals surface area contributed by atoms with E-state index in [1.54, 1.807) is 11.8 Å². The standard InChI is InChI=1S/C19H31N5O3/c1-13(2)11-20-19(26)23-9-7-16(12-23)24(14(3)25)10-8-17-21-18(27-22-17)15-5-4-6-15/h13,15-16H,4-12H2,1-3H3,(H,20,26). The van der Waals surface area contributed by atoms with Crippen LogP contribution in [0, 0.1) is 5.92 Å². The fourth-order valence-electron chi connectivity index (χ4n) is 3.59. The number of nitrogens with zero attached hydrogens (tertiary/aromatic N) is 4. The first kappa shape index (κ1) is 19.6. The molecule has 1 aromatic heterocycles. The summed E-state index contributed by atoms with van der Waals surface area (Å²) in [4.78, 5) is 32.5. The van der Waals surface area contributed by atoms with E-state index in [4.69, 9.17) is 4.52 Å². The lowest BCUT2D eigenvalue weighted by Crippen LogP contribution is -2.45. The molecule has 0 radical (unpaired) electrons. The Hall–Kier alpha value is -2.12. The Morgan fingerprint density at radius 2 is 2.11 bits per heavy atom. The zero-order valence-corrected chi connectivity index (χ0v) is 16.6. The maximum Gasteiger partial charge on any atom is 0.317 e. The molecule has 1 saturated heterocycles. The first-order chi connectivity index (χ1) is 12.9. The number of amides is 3. The molecule has 1 atom stereocenters. The average Bonchev–Trinajstić information content (AvgIpc) is 3.21. The van der Waals surface area contributed by atoms with Crippen molar-refractivity contribution in [1.82, 2.24) is 25.3 Å². The van der Waals surface area contributed by atoms with E-state index in [0.717, 1.165) is 25.2 Å². The van der Waals surface area contributed by atoms with Crippen LogP contribution in [-0.2, 0) is 11.2 Å². The fraction of sp³-hybridized carbons (Fsp3) is 0.789. The first-order valence-electron chi connectivity index (χ1n) is 10.1. The third kappa shape index (κ3) is 4.99. The minimum atomic E-state index is -0.0435. The number of likely N-dealkylation sites (tertiary alicyclic amines) is 1. The molecule has 2 heterocycles. The van der Waals surface area contributed by atoms with Gasteiger partial charge in [0.05, 0.1) is 6.04 Å². The van der Waals surface area contributed by atoms with Gasteiger partial charge in [0, 0.05) is 45.4 Å². The van der Waals surface area contributed by atoms with Gasteiger partial charge < -0.3 is 19.6 Å². The van der Waals surface area contributed by atoms with E-state index in [-0.39, 0.29) is 18.0 Å². The Labute approximate surface area is 160 Å². The van der Waals surface area contributed by atoms with Crippen LogP contribution in [0.2, 0.25) is 0 Å². The molecular weight excluding hydrogens is 346 g/mol. The number of carbonyl (C=O) groups is 2. The van der Waals surface area contributed by atoms with E-state index in [1.807, 2.05) is 4.90 Å². The molecule has 3 rings (SSSR count). The van der Waals surface area contributed by atoms with Crippen LogP contribution < -0.4 is 5.32 Å². The molecule has 8 heteroatoms. The number of hydrogen-bond acceptors (Lipinski definition) is 5. The quantitative estimate of drug-likeness (QED) is 0.786. The Bertz CT molecular complexity index is 656. The number of aromatic nitrogens is 2. The van der Waals surface area contributed by atoms with Gasteiger partial charge in [-0.15, -0.1) is 0 Å². The lowest BCUT2D eigenvalue weighted by Gasteiger charge is -2.27. The summed E-state index contributed by atoms with van der Waals surface area (Å²) in [6.45, 7) is 8.17. The second-order valence-corrected chi connectivity index (χ2v) is 8.11. The van der Waals surface area contributed by atoms with Crippen molar-refractivity contribution in [2.75, 3.05) is 26.2 Å². The molecule has 1 N–H and O–H groups in total. The van der Waals surface area contributed by atoms with Crippen molar-refractivity contribution in [3.05, 3.63) is 11.7 Å². The van der Waals surface area contributed by atoms with Gasteiger partial charge in [0.15, 0.2) is 5.82 Å². The van der Waals surface area contributed by atoms with Gasteiger partial charge in [-0.1, -0.05) is 25.4 Å². The zero-order valence-electron chi connectivity index (χ0n) is 16.6. The molecule has 2 fully saturated rings. The molecule has 27 heavy (non-hydrogen) atoms. The van der Waals surface area contributed by atoms with Gasteiger partial charge >= 0.3 is 6.03 Å². The summed E-state index contributed by atoms with van der Waals surface area (Å²) in [5, 5.41) is 7.01. The van der Waals surface area contributed by atoms with E-state index in [0.29, 0.717) is 50.3 Å². The summed E-state index contributed by atoms with van der Waals surface area (Å²) in [6, 6.07) is 0.00307. The normalized spacial score (nSPS) is 20.0. The topological polar surface area (TPSA) is 91.6 Å². The molecule has 1 unspecified atom stereocenters. The van der Waals surface area contributed by atoms with Gasteiger partial charge in [0.25, 0.3) is 0 Å². The van der Waals surface area contributed by atoms with E-state index in [9.17, 15) is 9.59 Å². The highest BCUT2D eigenvalue weighted by molar-refractivity contribution is 5.76. The predicted molar refractivity (Wildman–Crippen MR) is 100 cm³/mol. The van der Waals surface area contributed by atoms with Crippen LogP contribution >= 0.6 is 0 Å². The largest absolute Gasteiger partial charge is 0.339 e. The third-order valence-corrected chi connectivity index (χ3v) is 5.47. The SMILES string of the molecule is CC(=O)N(CCc1noc(C2CCC2)n1)C1CCN(C(=O)NCC(C)C)C1. The summed E-state index contributed by atoms with van der Waals surface area (Å²) in [6.07, 6.45) is 4.85. The molecule has 0 spiro atoms. The molecule has 1 aliphatic heterocycles. The zero-order chi connectivity index (χ0) is 19.4. The molecule has 1 saturated carbocycles. The molecule has 3 amide bonds. The van der Waals surface area contributed by atoms with Crippen molar-refractivity contribution in [2.45, 2.75) is 64.8 Å². The van der Waals surface area contributed by atoms with E-state index in [1.165, 1.54) is 6.42 Å². The number of rotatable bonds is 7. The number of carbonyl (C=O) groups excluding carboxylic acids is 2. The second kappa shape index (κ2) is 8.71. The second-order valence-electron chi connectivity index (χ2n) is 8.11. The van der Waals surface area contributed by atoms with Crippen molar-refractivity contribution in [1.29, 1.82) is 0 Å². The molecule has 0 bridgehead atoms. The highest BCUT2D eigenvalue weighted by Crippen LogP contribution is 2.35. The summed E-state index contributed by atoms with van der Waals surface area (Å²) in [5.74, 6) is 2.25. The maximum absolute atomic E-state index is 12.2. The Balaban J connectivity index is 1.50. The van der Waals surface area contributed by atoms with Crippen LogP contribution in [0.1, 0.15) is 64.1 Å². The van der Waals surface area contributed by atoms with E-state index >= 15 is 0 Å². The average molecular weight is 377 g/mol. The number of nitrogens with one attached hydrogen (secondary N) is 1. The van der Waals surface area contributed by atoms with Gasteiger partial charge in [-0.2, -0.15) is 4.98 Å². The molecule has 150 valence electrons. The summed E-state index contributed by atoms with van der Waals surface area (Å²) in [7, 11) is 0. The smallest absolute Gasteiger partial charge is 0.317 e. The monoisotopic (exact) mass is 377 g/mol. The first-order valence-corrected chi connectivity index (χ1v) is 10.1. The Morgan fingerprint density at radius 3 is 2.74 bits per heavy atom. The molecule has 1 aliphatic carbocycles. The van der Waals surface area contributed by atoms with Gasteiger partial charge in [0.1, 0.15) is 0 Å². The van der Waals surface area contributed by atoms with Gasteiger partial charge in [-0.3, -0.25) is 4.79 Å². The minimum absolute atomic E-state index is 0.0205. The van der Waals surface area contributed by atoms with Crippen molar-refractivity contribution in [3.8, 4) is 0 Å². The Morgan fingerprint density at radius 1 is 1.33 bits per heavy atom. The third-order valence-electron chi connectivity index (χ3n) is 5.47. The van der Waals surface area contributed by atoms with Crippen LogP contribution in [0.15, 0.2) is 4.52 Å². The van der Waals surface area contributed by atoms with Crippen molar-refractivity contribution >= 4 is 11.9 Å².